The molecule has 2 aliphatic rings. The second kappa shape index (κ2) is 7.92. The van der Waals surface area contributed by atoms with Gasteiger partial charge in [-0.25, -0.2) is 0 Å². The fourth-order valence-electron chi connectivity index (χ4n) is 4.62. The Morgan fingerprint density at radius 3 is 2.81 bits per heavy atom. The van der Waals surface area contributed by atoms with E-state index in [9.17, 15) is 10.1 Å². The van der Waals surface area contributed by atoms with E-state index >= 15 is 0 Å². The second-order valence-corrected chi connectivity index (χ2v) is 8.29. The summed E-state index contributed by atoms with van der Waals surface area (Å²) in [6.45, 7) is 0. The fraction of sp³-hybridized carbons (Fsp3) is 0.320. The molecule has 0 bridgehead atoms. The number of H-pyrrole nitrogens is 1. The van der Waals surface area contributed by atoms with Crippen molar-refractivity contribution in [3.8, 4) is 22.9 Å². The number of ether oxygens (including phenoxy) is 1. The minimum absolute atomic E-state index is 0.0245. The Morgan fingerprint density at radius 2 is 2.03 bits per heavy atom. The summed E-state index contributed by atoms with van der Waals surface area (Å²) in [6.07, 6.45) is 6.68. The van der Waals surface area contributed by atoms with E-state index in [1.54, 1.807) is 13.2 Å². The normalized spacial score (nSPS) is 17.5. The lowest BCUT2D eigenvalue weighted by atomic mass is 9.91. The predicted octanol–water partition coefficient (Wildman–Crippen LogP) is 4.12. The third-order valence-electron chi connectivity index (χ3n) is 6.35. The number of hydrogen-bond donors (Lipinski definition) is 1. The van der Waals surface area contributed by atoms with Gasteiger partial charge in [0.15, 0.2) is 0 Å². The van der Waals surface area contributed by atoms with Gasteiger partial charge in [-0.05, 0) is 67.0 Å². The zero-order valence-electron chi connectivity index (χ0n) is 17.5. The molecule has 1 N–H and O–H groups in total. The Balaban J connectivity index is 1.47. The van der Waals surface area contributed by atoms with Crippen LogP contribution in [-0.2, 0) is 12.8 Å². The van der Waals surface area contributed by atoms with Crippen LogP contribution >= 0.6 is 0 Å². The van der Waals surface area contributed by atoms with E-state index in [2.05, 4.69) is 21.2 Å². The SMILES string of the molecule is COc1cc(-c2ccccc2C#N)ccc1C(=O)N(C1CC1)C1CCc2[nH]ncc2C1. The molecule has 1 heterocycles. The minimum Gasteiger partial charge on any atom is -0.496 e. The first kappa shape index (κ1) is 19.4. The molecule has 31 heavy (non-hydrogen) atoms. The monoisotopic (exact) mass is 412 g/mol. The lowest BCUT2D eigenvalue weighted by Crippen LogP contribution is -2.45. The average molecular weight is 412 g/mol. The average Bonchev–Trinajstić information content (AvgIpc) is 3.53. The van der Waals surface area contributed by atoms with Gasteiger partial charge in [-0.2, -0.15) is 10.4 Å². The van der Waals surface area contributed by atoms with Gasteiger partial charge in [0.2, 0.25) is 0 Å². The third-order valence-corrected chi connectivity index (χ3v) is 6.35. The number of nitrogens with zero attached hydrogens (tertiary/aromatic N) is 3. The molecule has 1 fully saturated rings. The molecule has 0 radical (unpaired) electrons. The number of benzene rings is 2. The van der Waals surface area contributed by atoms with Crippen LogP contribution in [0.1, 0.15) is 46.4 Å². The number of carbonyl (C=O) groups excluding carboxylic acids is 1. The Bertz CT molecular complexity index is 1170. The van der Waals surface area contributed by atoms with Crippen molar-refractivity contribution in [1.29, 1.82) is 5.26 Å². The quantitative estimate of drug-likeness (QED) is 0.683. The maximum Gasteiger partial charge on any atom is 0.258 e. The summed E-state index contributed by atoms with van der Waals surface area (Å²) < 4.78 is 5.64. The van der Waals surface area contributed by atoms with Crippen LogP contribution in [0.4, 0.5) is 0 Å². The number of rotatable bonds is 5. The molecule has 2 aromatic carbocycles. The molecular weight excluding hydrogens is 388 g/mol. The largest absolute Gasteiger partial charge is 0.496 e. The lowest BCUT2D eigenvalue weighted by molar-refractivity contribution is 0.0639. The molecule has 3 aromatic rings. The fourth-order valence-corrected chi connectivity index (χ4v) is 4.62. The highest BCUT2D eigenvalue weighted by molar-refractivity contribution is 5.98. The number of aromatic nitrogens is 2. The van der Waals surface area contributed by atoms with Gasteiger partial charge in [-0.3, -0.25) is 9.89 Å². The van der Waals surface area contributed by atoms with E-state index in [1.807, 2.05) is 42.6 Å². The van der Waals surface area contributed by atoms with E-state index in [1.165, 1.54) is 11.3 Å². The summed E-state index contributed by atoms with van der Waals surface area (Å²) in [5, 5.41) is 16.7. The number of methoxy groups -OCH3 is 1. The first-order valence-electron chi connectivity index (χ1n) is 10.7. The van der Waals surface area contributed by atoms with Crippen LogP contribution < -0.4 is 4.74 Å². The highest BCUT2D eigenvalue weighted by atomic mass is 16.5. The summed E-state index contributed by atoms with van der Waals surface area (Å²) in [7, 11) is 1.59. The zero-order valence-corrected chi connectivity index (χ0v) is 17.5. The molecule has 2 aliphatic carbocycles. The molecule has 0 saturated heterocycles. The highest BCUT2D eigenvalue weighted by Crippen LogP contribution is 2.37. The summed E-state index contributed by atoms with van der Waals surface area (Å²) in [5.74, 6) is 0.567. The van der Waals surface area contributed by atoms with E-state index < -0.39 is 0 Å². The molecule has 1 saturated carbocycles. The molecule has 0 spiro atoms. The number of hydrogen-bond acceptors (Lipinski definition) is 4. The second-order valence-electron chi connectivity index (χ2n) is 8.29. The van der Waals surface area contributed by atoms with Gasteiger partial charge in [0.05, 0.1) is 30.5 Å². The molecule has 0 aliphatic heterocycles. The topological polar surface area (TPSA) is 82.0 Å². The first-order chi connectivity index (χ1) is 15.2. The van der Waals surface area contributed by atoms with Crippen molar-refractivity contribution in [3.63, 3.8) is 0 Å². The molecule has 1 aromatic heterocycles. The number of aryl methyl sites for hydroxylation is 1. The van der Waals surface area contributed by atoms with E-state index in [-0.39, 0.29) is 11.9 Å². The van der Waals surface area contributed by atoms with E-state index in [0.717, 1.165) is 43.2 Å². The van der Waals surface area contributed by atoms with Crippen molar-refractivity contribution in [2.24, 2.45) is 0 Å². The summed E-state index contributed by atoms with van der Waals surface area (Å²) in [5.41, 5.74) is 5.28. The van der Waals surface area contributed by atoms with E-state index in [4.69, 9.17) is 4.74 Å². The number of aromatic amines is 1. The molecule has 6 heteroatoms. The highest BCUT2D eigenvalue weighted by Gasteiger charge is 2.40. The predicted molar refractivity (Wildman–Crippen MR) is 117 cm³/mol. The zero-order chi connectivity index (χ0) is 21.4. The number of nitriles is 1. The number of fused-ring (bicyclic) bond motifs is 1. The van der Waals surface area contributed by atoms with E-state index in [0.29, 0.717) is 22.9 Å². The maximum atomic E-state index is 13.7. The number of nitrogens with one attached hydrogen (secondary N) is 1. The van der Waals surface area contributed by atoms with Gasteiger partial charge < -0.3 is 9.64 Å². The van der Waals surface area contributed by atoms with Gasteiger partial charge in [0, 0.05) is 17.8 Å². The molecule has 5 rings (SSSR count). The minimum atomic E-state index is 0.0245. The van der Waals surface area contributed by atoms with Gasteiger partial charge in [-0.15, -0.1) is 0 Å². The third kappa shape index (κ3) is 3.57. The van der Waals surface area contributed by atoms with Crippen molar-refractivity contribution in [1.82, 2.24) is 15.1 Å². The van der Waals surface area contributed by atoms with Gasteiger partial charge in [-0.1, -0.05) is 24.3 Å². The molecule has 1 amide bonds. The smallest absolute Gasteiger partial charge is 0.258 e. The standard InChI is InChI=1S/C25H24N4O2/c1-31-24-13-16(21-5-3-2-4-17(21)14-26)6-10-22(24)25(30)29(19-7-8-19)20-9-11-23-18(12-20)15-27-28-23/h2-6,10,13,15,19-20H,7-9,11-12H2,1H3,(H,27,28). The summed E-state index contributed by atoms with van der Waals surface area (Å²) in [4.78, 5) is 15.8. The molecular formula is C25H24N4O2. The van der Waals surface area contributed by atoms with Crippen molar-refractivity contribution in [3.05, 3.63) is 71.0 Å². The Morgan fingerprint density at radius 1 is 1.19 bits per heavy atom. The number of amides is 1. The van der Waals surface area contributed by atoms with Crippen LogP contribution in [0.5, 0.6) is 5.75 Å². The summed E-state index contributed by atoms with van der Waals surface area (Å²) in [6, 6.07) is 15.8. The molecule has 1 atom stereocenters. The van der Waals surface area contributed by atoms with Crippen LogP contribution in [0.2, 0.25) is 0 Å². The van der Waals surface area contributed by atoms with Crippen LogP contribution in [0, 0.1) is 11.3 Å². The molecule has 1 unspecified atom stereocenters. The van der Waals surface area contributed by atoms with Gasteiger partial charge in [0.25, 0.3) is 5.91 Å². The first-order valence-corrected chi connectivity index (χ1v) is 10.7. The molecule has 6 nitrogen and oxygen atoms in total. The van der Waals surface area contributed by atoms with Crippen LogP contribution in [0.3, 0.4) is 0 Å². The Kier molecular flexibility index (Phi) is 4.95. The van der Waals surface area contributed by atoms with Gasteiger partial charge >= 0.3 is 0 Å². The van der Waals surface area contributed by atoms with Crippen LogP contribution in [0.15, 0.2) is 48.7 Å². The van der Waals surface area contributed by atoms with Crippen LogP contribution in [0.25, 0.3) is 11.1 Å². The van der Waals surface area contributed by atoms with Crippen LogP contribution in [-0.4, -0.2) is 40.2 Å². The number of carbonyl (C=O) groups is 1. The Hall–Kier alpha value is -3.59. The maximum absolute atomic E-state index is 13.7. The lowest BCUT2D eigenvalue weighted by Gasteiger charge is -2.34. The summed E-state index contributed by atoms with van der Waals surface area (Å²) >= 11 is 0. The van der Waals surface area contributed by atoms with Crippen molar-refractivity contribution in [2.75, 3.05) is 7.11 Å². The Labute approximate surface area is 181 Å². The van der Waals surface area contributed by atoms with Crippen molar-refractivity contribution in [2.45, 2.75) is 44.2 Å². The molecule has 156 valence electrons. The van der Waals surface area contributed by atoms with Crippen molar-refractivity contribution < 1.29 is 9.53 Å². The van der Waals surface area contributed by atoms with Gasteiger partial charge in [0.1, 0.15) is 5.75 Å². The van der Waals surface area contributed by atoms with Crippen molar-refractivity contribution >= 4 is 5.91 Å².